The zero-order chi connectivity index (χ0) is 33.1. The number of carbonyl (C=O) groups excluding carboxylic acids is 2. The maximum atomic E-state index is 13.1. The Labute approximate surface area is 264 Å². The van der Waals surface area contributed by atoms with Gasteiger partial charge >= 0.3 is 18.2 Å². The molecule has 0 aromatic heterocycles. The molecule has 2 aliphatic heterocycles. The number of carboxylic acid groups (broad SMARTS) is 1. The summed E-state index contributed by atoms with van der Waals surface area (Å²) in [6, 6.07) is 24.1. The number of likely N-dealkylation sites (tertiary alicyclic amines) is 1. The van der Waals surface area contributed by atoms with Gasteiger partial charge in [-0.05, 0) is 72.9 Å². The van der Waals surface area contributed by atoms with Crippen LogP contribution in [0.1, 0.15) is 45.9 Å². The fraction of sp³-hybridized carbons (Fsp3) is 0.333. The van der Waals surface area contributed by atoms with Crippen molar-refractivity contribution < 1.29 is 37.4 Å². The summed E-state index contributed by atoms with van der Waals surface area (Å²) in [5.74, 6) is -2.94. The largest absolute Gasteiger partial charge is 0.490 e. The number of carboxylic acids is 1. The van der Waals surface area contributed by atoms with Crippen molar-refractivity contribution >= 4 is 29.3 Å². The van der Waals surface area contributed by atoms with Crippen molar-refractivity contribution in [1.29, 1.82) is 5.26 Å². The molecule has 3 N–H and O–H groups in total. The molecule has 2 fully saturated rings. The lowest BCUT2D eigenvalue weighted by Crippen LogP contribution is -2.37. The van der Waals surface area contributed by atoms with Crippen molar-refractivity contribution in [2.24, 2.45) is 0 Å². The van der Waals surface area contributed by atoms with Gasteiger partial charge < -0.3 is 25.4 Å². The standard InChI is InChI=1S/C31H33N5O3.C2HF3O2/c32-22-24-4-1-7-28(20-24)34-31(38)36-14-3-8-29(36)25-5-2-6-26(21-25)30(37)33-27-11-9-23(10-12-27)13-15-35-16-18-39-19-17-35;3-2(4,5)1(6)7/h1-2,4-7,9-12,20-21,29H,3,8,13-19H2,(H,33,37)(H,34,38);(H,6,7)/t29-;/m1./s1. The predicted octanol–water partition coefficient (Wildman–Crippen LogP) is 5.69. The van der Waals surface area contributed by atoms with Crippen LogP contribution in [0.2, 0.25) is 0 Å². The van der Waals surface area contributed by atoms with E-state index in [4.69, 9.17) is 19.9 Å². The monoisotopic (exact) mass is 637 g/mol. The lowest BCUT2D eigenvalue weighted by atomic mass is 10.0. The molecular weight excluding hydrogens is 603 g/mol. The molecule has 13 heteroatoms. The van der Waals surface area contributed by atoms with E-state index in [1.165, 1.54) is 5.56 Å². The molecule has 0 unspecified atom stereocenters. The van der Waals surface area contributed by atoms with Crippen molar-refractivity contribution in [2.75, 3.05) is 50.0 Å². The molecule has 0 spiro atoms. The highest BCUT2D eigenvalue weighted by atomic mass is 19.4. The van der Waals surface area contributed by atoms with Crippen LogP contribution in [0.5, 0.6) is 0 Å². The number of nitrogens with one attached hydrogen (secondary N) is 2. The number of rotatable bonds is 7. The van der Waals surface area contributed by atoms with Crippen molar-refractivity contribution in [2.45, 2.75) is 31.5 Å². The molecule has 1 atom stereocenters. The Bertz CT molecular complexity index is 1550. The molecule has 2 saturated heterocycles. The first-order valence-electron chi connectivity index (χ1n) is 14.7. The second-order valence-electron chi connectivity index (χ2n) is 10.8. The van der Waals surface area contributed by atoms with E-state index >= 15 is 0 Å². The van der Waals surface area contributed by atoms with Crippen LogP contribution in [-0.2, 0) is 16.0 Å². The molecule has 46 heavy (non-hydrogen) atoms. The molecule has 3 aromatic rings. The number of hydrogen-bond donors (Lipinski definition) is 3. The summed E-state index contributed by atoms with van der Waals surface area (Å²) in [4.78, 5) is 39.2. The molecule has 242 valence electrons. The number of hydrogen-bond acceptors (Lipinski definition) is 6. The molecule has 0 saturated carbocycles. The van der Waals surface area contributed by atoms with E-state index < -0.39 is 12.1 Å². The SMILES string of the molecule is N#Cc1cccc(NC(=O)N2CCC[C@@H]2c2cccc(C(=O)Nc3ccc(CCN4CCOCC4)cc3)c2)c1.O=C(O)C(F)(F)F. The first kappa shape index (κ1) is 34.0. The van der Waals surface area contributed by atoms with Crippen molar-refractivity contribution in [1.82, 2.24) is 9.80 Å². The van der Waals surface area contributed by atoms with Gasteiger partial charge in [0.2, 0.25) is 0 Å². The number of halogens is 3. The Morgan fingerprint density at radius 3 is 2.30 bits per heavy atom. The van der Waals surface area contributed by atoms with Gasteiger partial charge in [0, 0.05) is 43.1 Å². The molecule has 2 heterocycles. The molecule has 0 aliphatic carbocycles. The van der Waals surface area contributed by atoms with E-state index in [0.29, 0.717) is 23.4 Å². The molecule has 2 aliphatic rings. The number of benzene rings is 3. The van der Waals surface area contributed by atoms with Crippen LogP contribution in [0.15, 0.2) is 72.8 Å². The summed E-state index contributed by atoms with van der Waals surface area (Å²) in [7, 11) is 0. The van der Waals surface area contributed by atoms with E-state index in [1.54, 1.807) is 35.2 Å². The maximum Gasteiger partial charge on any atom is 0.490 e. The van der Waals surface area contributed by atoms with Gasteiger partial charge in [0.25, 0.3) is 5.91 Å². The number of alkyl halides is 3. The number of carbonyl (C=O) groups is 3. The summed E-state index contributed by atoms with van der Waals surface area (Å²) in [6.07, 6.45) is -2.42. The number of nitriles is 1. The fourth-order valence-electron chi connectivity index (χ4n) is 5.18. The average Bonchev–Trinajstić information content (AvgIpc) is 3.55. The van der Waals surface area contributed by atoms with E-state index in [0.717, 1.165) is 63.4 Å². The van der Waals surface area contributed by atoms with E-state index in [2.05, 4.69) is 33.7 Å². The molecule has 3 aromatic carbocycles. The van der Waals surface area contributed by atoms with Crippen molar-refractivity contribution in [3.05, 3.63) is 95.1 Å². The highest BCUT2D eigenvalue weighted by molar-refractivity contribution is 6.04. The minimum atomic E-state index is -5.08. The van der Waals surface area contributed by atoms with Crippen LogP contribution in [0.3, 0.4) is 0 Å². The third-order valence-electron chi connectivity index (χ3n) is 7.56. The Morgan fingerprint density at radius 2 is 1.63 bits per heavy atom. The minimum Gasteiger partial charge on any atom is -0.475 e. The second kappa shape index (κ2) is 15.9. The predicted molar refractivity (Wildman–Crippen MR) is 164 cm³/mol. The number of anilines is 2. The van der Waals surface area contributed by atoms with Crippen LogP contribution in [0.25, 0.3) is 0 Å². The molecule has 10 nitrogen and oxygen atoms in total. The maximum absolute atomic E-state index is 13.1. The fourth-order valence-corrected chi connectivity index (χ4v) is 5.18. The highest BCUT2D eigenvalue weighted by Crippen LogP contribution is 2.33. The van der Waals surface area contributed by atoms with Crippen molar-refractivity contribution in [3.63, 3.8) is 0 Å². The molecule has 3 amide bonds. The summed E-state index contributed by atoms with van der Waals surface area (Å²) < 4.78 is 37.1. The first-order valence-corrected chi connectivity index (χ1v) is 14.7. The normalized spacial score (nSPS) is 16.5. The second-order valence-corrected chi connectivity index (χ2v) is 10.8. The summed E-state index contributed by atoms with van der Waals surface area (Å²) in [5, 5.41) is 22.2. The lowest BCUT2D eigenvalue weighted by Gasteiger charge is -2.26. The first-order chi connectivity index (χ1) is 22.0. The van der Waals surface area contributed by atoms with Gasteiger partial charge in [-0.3, -0.25) is 9.69 Å². The van der Waals surface area contributed by atoms with E-state index in [-0.39, 0.29) is 18.0 Å². The molecule has 5 rings (SSSR count). The Hall–Kier alpha value is -4.93. The molecular formula is C33H34F3N5O5. The van der Waals surface area contributed by atoms with Gasteiger partial charge in [0.1, 0.15) is 0 Å². The van der Waals surface area contributed by atoms with E-state index in [1.807, 2.05) is 30.3 Å². The summed E-state index contributed by atoms with van der Waals surface area (Å²) in [5.41, 5.74) is 4.55. The smallest absolute Gasteiger partial charge is 0.475 e. The van der Waals surface area contributed by atoms with Crippen LogP contribution >= 0.6 is 0 Å². The Morgan fingerprint density at radius 1 is 0.935 bits per heavy atom. The van der Waals surface area contributed by atoms with E-state index in [9.17, 15) is 22.8 Å². The number of aliphatic carboxylic acids is 1. The van der Waals surface area contributed by atoms with Crippen LogP contribution in [0, 0.1) is 11.3 Å². The van der Waals surface area contributed by atoms with Gasteiger partial charge in [-0.1, -0.05) is 30.3 Å². The Kier molecular flexibility index (Phi) is 11.7. The number of nitrogens with zero attached hydrogens (tertiary/aromatic N) is 3. The molecule has 0 bridgehead atoms. The summed E-state index contributed by atoms with van der Waals surface area (Å²) >= 11 is 0. The third kappa shape index (κ3) is 9.79. The number of morpholine rings is 1. The third-order valence-corrected chi connectivity index (χ3v) is 7.56. The zero-order valence-electron chi connectivity index (χ0n) is 24.9. The average molecular weight is 638 g/mol. The van der Waals surface area contributed by atoms with Crippen molar-refractivity contribution in [3.8, 4) is 6.07 Å². The Balaban J connectivity index is 0.000000617. The van der Waals surface area contributed by atoms with Crippen LogP contribution in [0.4, 0.5) is 29.3 Å². The van der Waals surface area contributed by atoms with Gasteiger partial charge in [0.15, 0.2) is 0 Å². The highest BCUT2D eigenvalue weighted by Gasteiger charge is 2.38. The summed E-state index contributed by atoms with van der Waals surface area (Å²) in [6.45, 7) is 5.19. The number of urea groups is 1. The van der Waals surface area contributed by atoms with Gasteiger partial charge in [0.05, 0.1) is 30.9 Å². The topological polar surface area (TPSA) is 135 Å². The molecule has 0 radical (unpaired) electrons. The minimum absolute atomic E-state index is 0.123. The van der Waals surface area contributed by atoms with Gasteiger partial charge in [-0.2, -0.15) is 18.4 Å². The lowest BCUT2D eigenvalue weighted by molar-refractivity contribution is -0.192. The van der Waals surface area contributed by atoms with Crippen LogP contribution in [-0.4, -0.2) is 78.4 Å². The van der Waals surface area contributed by atoms with Gasteiger partial charge in [-0.25, -0.2) is 9.59 Å². The van der Waals surface area contributed by atoms with Gasteiger partial charge in [-0.15, -0.1) is 0 Å². The number of ether oxygens (including phenoxy) is 1. The number of amides is 3. The quantitative estimate of drug-likeness (QED) is 0.303. The van der Waals surface area contributed by atoms with Crippen LogP contribution < -0.4 is 10.6 Å². The zero-order valence-corrected chi connectivity index (χ0v) is 24.9.